The number of aromatic nitrogens is 3. The second kappa shape index (κ2) is 37.4. The fourth-order valence-electron chi connectivity index (χ4n) is 17.7. The minimum Gasteiger partial charge on any atom is -0.443 e. The molecule has 3 fully saturated rings. The summed E-state index contributed by atoms with van der Waals surface area (Å²) in [7, 11) is 0. The van der Waals surface area contributed by atoms with Gasteiger partial charge in [-0.2, -0.15) is 0 Å². The maximum absolute atomic E-state index is 14.0. The summed E-state index contributed by atoms with van der Waals surface area (Å²) in [5.74, 6) is -2.08. The molecule has 9 unspecified atom stereocenters. The van der Waals surface area contributed by atoms with Gasteiger partial charge in [0.05, 0.1) is 62.2 Å². The summed E-state index contributed by atoms with van der Waals surface area (Å²) in [4.78, 5) is 143. The Morgan fingerprint density at radius 1 is 0.504 bits per heavy atom. The third-order valence-electron chi connectivity index (χ3n) is 24.0. The summed E-state index contributed by atoms with van der Waals surface area (Å²) in [5.41, 5.74) is 18.2. The molecule has 3 saturated heterocycles. The van der Waals surface area contributed by atoms with Crippen LogP contribution in [0.25, 0.3) is 32.2 Å². The number of thiazole rings is 2. The van der Waals surface area contributed by atoms with Crippen molar-refractivity contribution in [2.45, 2.75) is 268 Å². The largest absolute Gasteiger partial charge is 0.443 e. The van der Waals surface area contributed by atoms with Crippen molar-refractivity contribution in [1.29, 1.82) is 0 Å². The third-order valence-corrected chi connectivity index (χ3v) is 25.9. The van der Waals surface area contributed by atoms with E-state index < -0.39 is 59.9 Å². The lowest BCUT2D eigenvalue weighted by atomic mass is 9.77. The van der Waals surface area contributed by atoms with Crippen LogP contribution in [0.1, 0.15) is 232 Å². The van der Waals surface area contributed by atoms with Crippen LogP contribution < -0.4 is 10.6 Å². The second-order valence-electron chi connectivity index (χ2n) is 38.1. The van der Waals surface area contributed by atoms with Crippen LogP contribution >= 0.6 is 22.7 Å². The van der Waals surface area contributed by atoms with Crippen molar-refractivity contribution in [2.24, 2.45) is 23.2 Å². The molecule has 8 aromatic rings. The topological polar surface area (TPSA) is 306 Å². The average molecular weight is 1690 g/mol. The molecule has 121 heavy (non-hydrogen) atoms. The molecule has 13 rings (SSSR count). The first-order chi connectivity index (χ1) is 56.8. The van der Waals surface area contributed by atoms with Crippen LogP contribution in [0.4, 0.5) is 0 Å². The van der Waals surface area contributed by atoms with Gasteiger partial charge in [-0.3, -0.25) is 38.4 Å². The Morgan fingerprint density at radius 3 is 1.26 bits per heavy atom. The summed E-state index contributed by atoms with van der Waals surface area (Å²) in [6.07, 6.45) is 0.610. The summed E-state index contributed by atoms with van der Waals surface area (Å²) < 4.78 is 5.60. The molecule has 8 heterocycles. The highest BCUT2D eigenvalue weighted by Gasteiger charge is 2.49. The van der Waals surface area contributed by atoms with Crippen LogP contribution in [0.15, 0.2) is 125 Å². The highest BCUT2D eigenvalue weighted by molar-refractivity contribution is 7.13. The van der Waals surface area contributed by atoms with E-state index in [4.69, 9.17) is 4.42 Å². The predicted octanol–water partition coefficient (Wildman–Crippen LogP) is 14.4. The van der Waals surface area contributed by atoms with Crippen LogP contribution in [0.5, 0.6) is 0 Å². The van der Waals surface area contributed by atoms with Crippen molar-refractivity contribution in [3.05, 3.63) is 193 Å². The molecule has 9 atom stereocenters. The molecule has 0 saturated carbocycles. The number of hydrogen-bond acceptors (Lipinski definition) is 18. The number of ketones is 2. The van der Waals surface area contributed by atoms with E-state index in [9.17, 15) is 58.5 Å². The number of nitrogens with one attached hydrogen (secondary N) is 2. The molecule has 5 aromatic carbocycles. The van der Waals surface area contributed by atoms with Crippen LogP contribution in [0, 0.1) is 43.9 Å². The average Bonchev–Trinajstić information content (AvgIpc) is 1.58. The fraction of sp³-hybridized carbons (Fsp3) is 0.500. The molecular formula is C96H122N10O13S2. The van der Waals surface area contributed by atoms with Crippen LogP contribution in [-0.4, -0.2) is 176 Å². The van der Waals surface area contributed by atoms with Gasteiger partial charge < -0.3 is 59.7 Å². The maximum Gasteiger partial charge on any atom is 0.255 e. The van der Waals surface area contributed by atoms with Crippen molar-refractivity contribution in [1.82, 2.24) is 50.1 Å². The first-order valence-corrected chi connectivity index (χ1v) is 44.0. The number of nitrogens with zero attached hydrogens (tertiary/aromatic N) is 8. The summed E-state index contributed by atoms with van der Waals surface area (Å²) in [6, 6.07) is 29.7. The Hall–Kier alpha value is -9.92. The number of benzene rings is 5. The van der Waals surface area contributed by atoms with Gasteiger partial charge in [0.25, 0.3) is 11.8 Å². The Kier molecular flexibility index (Phi) is 28.4. The Balaban J connectivity index is 0.000000178. The number of fused-ring (bicyclic) bond motifs is 2. The minimum absolute atomic E-state index is 0.0392. The Bertz CT molecular complexity index is 4940. The number of hydrogen-bond donors (Lipinski definition) is 5. The number of β-amino-alcohol motifs (C(OH)–C–C–N with tert-alkyl or cyclic N) is 3. The summed E-state index contributed by atoms with van der Waals surface area (Å²) in [6.45, 7) is 41.6. The molecule has 7 amide bonds. The Morgan fingerprint density at radius 2 is 0.893 bits per heavy atom. The zero-order valence-corrected chi connectivity index (χ0v) is 75.5. The lowest BCUT2D eigenvalue weighted by Crippen LogP contribution is -2.55. The van der Waals surface area contributed by atoms with Gasteiger partial charge in [-0.1, -0.05) is 184 Å². The van der Waals surface area contributed by atoms with Gasteiger partial charge in [0.1, 0.15) is 30.0 Å². The number of rotatable bonds is 22. The molecule has 5 N–H and O–H groups in total. The third kappa shape index (κ3) is 20.9. The molecule has 0 spiro atoms. The smallest absolute Gasteiger partial charge is 0.255 e. The SMILES string of the molecule is CC(=O)CC(C(=O)N1CC(O)CC1C(=O)CCc1ccc(-c2scnc2C)cc1C(C)(C)C)C(C)(C)C.Cc1ncoc1-c1ccc(CNC(=O)C2CC(O)CN2C(=O)C(C(C)C)N2Cc3ccccc3C2=O)c(C(C)(C)C)c1.Cc1ncsc1-c1ccc(CNC(=O)C2CC(O)CN2C(=O)C(C(C)C)N2Cc3ccccc3C2=O)c(C(C)(C)C)c1. The predicted molar refractivity (Wildman–Crippen MR) is 471 cm³/mol. The second-order valence-corrected chi connectivity index (χ2v) is 39.8. The van der Waals surface area contributed by atoms with Gasteiger partial charge in [0, 0.05) is 101 Å². The zero-order chi connectivity index (χ0) is 88.4. The quantitative estimate of drug-likeness (QED) is 0.0421. The van der Waals surface area contributed by atoms with E-state index in [0.717, 1.165) is 82.5 Å². The van der Waals surface area contributed by atoms with Crippen LogP contribution in [0.2, 0.25) is 0 Å². The summed E-state index contributed by atoms with van der Waals surface area (Å²) >= 11 is 3.24. The molecule has 646 valence electrons. The fourth-order valence-corrected chi connectivity index (χ4v) is 19.3. The van der Waals surface area contributed by atoms with Crippen molar-refractivity contribution >= 4 is 75.6 Å². The molecule has 23 nitrogen and oxygen atoms in total. The molecule has 3 aromatic heterocycles. The van der Waals surface area contributed by atoms with Crippen molar-refractivity contribution in [3.8, 4) is 32.2 Å². The highest BCUT2D eigenvalue weighted by atomic mass is 32.1. The molecular weight excluding hydrogens is 1570 g/mol. The first kappa shape index (κ1) is 91.8. The number of likely N-dealkylation sites (tertiary alicyclic amines) is 3. The van der Waals surface area contributed by atoms with E-state index in [0.29, 0.717) is 42.9 Å². The monoisotopic (exact) mass is 1690 g/mol. The summed E-state index contributed by atoms with van der Waals surface area (Å²) in [5, 5.41) is 37.6. The number of carbonyl (C=O) groups is 9. The van der Waals surface area contributed by atoms with Gasteiger partial charge in [-0.25, -0.2) is 15.0 Å². The zero-order valence-electron chi connectivity index (χ0n) is 73.9. The number of aliphatic hydroxyl groups is 3. The molecule has 5 aliphatic rings. The number of aliphatic hydroxyl groups excluding tert-OH is 3. The van der Waals surface area contributed by atoms with Gasteiger partial charge in [-0.15, -0.1) is 22.7 Å². The van der Waals surface area contributed by atoms with Crippen molar-refractivity contribution in [2.75, 3.05) is 19.6 Å². The lowest BCUT2D eigenvalue weighted by Gasteiger charge is -2.35. The van der Waals surface area contributed by atoms with Gasteiger partial charge in [-0.05, 0) is 154 Å². The van der Waals surface area contributed by atoms with Gasteiger partial charge in [0.15, 0.2) is 17.9 Å². The van der Waals surface area contributed by atoms with E-state index in [-0.39, 0.29) is 139 Å². The number of aryl methyl sites for hydroxylation is 4. The number of amides is 7. The first-order valence-electron chi connectivity index (χ1n) is 42.2. The van der Waals surface area contributed by atoms with E-state index >= 15 is 0 Å². The standard InChI is InChI=1S/C33H40N4O5.C33H40N4O4S.C30H42N2O4S/c2*1-19(2)28(37-16-23-9-7-8-10-25(23)31(37)40)32(41)36-17-24(38)14-27(36)30(39)34-15-22-12-11-21(13-26(22)33(4,5)6)29-20(3)35-18-42-29;1-18(33)13-24(30(6,7)8)28(36)32-16-22(34)15-25(32)26(35)12-11-20-9-10-21(14-23(20)29(3,4)5)27-19(2)31-17-37-27/h2*7-13,18-19,24,27-28,38H,14-17H2,1-6H3,(H,34,39);9-10,14,17,22,24-25,34H,11-13,15-16H2,1-8H3. The molecule has 25 heteroatoms. The normalized spacial score (nSPS) is 19.3. The Labute approximate surface area is 720 Å². The number of carbonyl (C=O) groups excluding carboxylic acids is 9. The van der Waals surface area contributed by atoms with Gasteiger partial charge >= 0.3 is 0 Å². The highest BCUT2D eigenvalue weighted by Crippen LogP contribution is 2.41. The van der Waals surface area contributed by atoms with E-state index in [1.54, 1.807) is 44.6 Å². The van der Waals surface area contributed by atoms with Crippen molar-refractivity contribution < 1.29 is 62.9 Å². The molecule has 5 aliphatic heterocycles. The number of oxazole rings is 1. The van der Waals surface area contributed by atoms with E-state index in [2.05, 4.69) is 124 Å². The minimum atomic E-state index is -0.831. The van der Waals surface area contributed by atoms with Crippen molar-refractivity contribution in [3.63, 3.8) is 0 Å². The molecule has 0 radical (unpaired) electrons. The van der Waals surface area contributed by atoms with Crippen LogP contribution in [0.3, 0.4) is 0 Å². The maximum atomic E-state index is 14.0. The molecule has 0 aliphatic carbocycles. The lowest BCUT2D eigenvalue weighted by molar-refractivity contribution is -0.145. The van der Waals surface area contributed by atoms with E-state index in [1.807, 2.05) is 135 Å². The number of Topliss-reactive ketones (excluding diaryl/α,β-unsaturated/α-hetero) is 2. The molecule has 0 bridgehead atoms. The van der Waals surface area contributed by atoms with Crippen LogP contribution in [-0.2, 0) is 82.4 Å². The van der Waals surface area contributed by atoms with Gasteiger partial charge in [0.2, 0.25) is 29.5 Å². The van der Waals surface area contributed by atoms with E-state index in [1.165, 1.54) is 33.6 Å².